The Morgan fingerprint density at radius 2 is 1.79 bits per heavy atom. The minimum atomic E-state index is -0.0943. The van der Waals surface area contributed by atoms with Crippen LogP contribution in [-0.4, -0.2) is 6.61 Å². The quantitative estimate of drug-likeness (QED) is 0.415. The molecule has 0 saturated heterocycles. The molecule has 1 nitrogen and oxygen atoms in total. The van der Waals surface area contributed by atoms with Crippen molar-refractivity contribution < 1.29 is 9.13 Å². The van der Waals surface area contributed by atoms with Crippen LogP contribution in [0.25, 0.3) is 0 Å². The normalized spacial score (nSPS) is 17.0. The van der Waals surface area contributed by atoms with Gasteiger partial charge in [0.1, 0.15) is 11.6 Å². The van der Waals surface area contributed by atoms with Crippen LogP contribution in [-0.2, 0) is 6.42 Å². The third-order valence-corrected chi connectivity index (χ3v) is 5.65. The fourth-order valence-corrected chi connectivity index (χ4v) is 4.12. The van der Waals surface area contributed by atoms with Crippen LogP contribution >= 0.6 is 0 Å². The number of rotatable bonds is 10. The van der Waals surface area contributed by atoms with Crippen molar-refractivity contribution in [1.29, 1.82) is 0 Å². The molecule has 0 aromatic heterocycles. The van der Waals surface area contributed by atoms with Crippen LogP contribution < -0.4 is 4.74 Å². The molecule has 0 amide bonds. The van der Waals surface area contributed by atoms with Gasteiger partial charge in [-0.3, -0.25) is 0 Å². The van der Waals surface area contributed by atoms with Gasteiger partial charge < -0.3 is 4.74 Å². The molecule has 0 heterocycles. The smallest absolute Gasteiger partial charge is 0.130 e. The Labute approximate surface area is 148 Å². The van der Waals surface area contributed by atoms with Gasteiger partial charge in [-0.1, -0.05) is 58.4 Å². The molecule has 0 unspecified atom stereocenters. The van der Waals surface area contributed by atoms with Gasteiger partial charge in [-0.25, -0.2) is 4.39 Å². The monoisotopic (exact) mass is 334 g/mol. The van der Waals surface area contributed by atoms with Crippen LogP contribution in [0.2, 0.25) is 0 Å². The van der Waals surface area contributed by atoms with E-state index in [2.05, 4.69) is 13.8 Å². The van der Waals surface area contributed by atoms with Gasteiger partial charge in [0.25, 0.3) is 0 Å². The van der Waals surface area contributed by atoms with Crippen LogP contribution in [0.3, 0.4) is 0 Å². The Balaban J connectivity index is 1.95. The van der Waals surface area contributed by atoms with Gasteiger partial charge in [0.15, 0.2) is 0 Å². The van der Waals surface area contributed by atoms with E-state index in [0.717, 1.165) is 24.8 Å². The molecule has 0 spiro atoms. The summed E-state index contributed by atoms with van der Waals surface area (Å²) in [7, 11) is 0. The van der Waals surface area contributed by atoms with Crippen molar-refractivity contribution in [3.05, 3.63) is 29.6 Å². The highest BCUT2D eigenvalue weighted by atomic mass is 19.1. The number of halogens is 1. The molecule has 0 bridgehead atoms. The lowest BCUT2D eigenvalue weighted by Crippen LogP contribution is -2.25. The van der Waals surface area contributed by atoms with Gasteiger partial charge in [-0.15, -0.1) is 0 Å². The third-order valence-electron chi connectivity index (χ3n) is 5.65. The Hall–Kier alpha value is -1.05. The maximum absolute atomic E-state index is 14.4. The van der Waals surface area contributed by atoms with Gasteiger partial charge in [-0.2, -0.15) is 0 Å². The van der Waals surface area contributed by atoms with E-state index in [0.29, 0.717) is 17.8 Å². The van der Waals surface area contributed by atoms with Gasteiger partial charge in [0, 0.05) is 6.07 Å². The summed E-state index contributed by atoms with van der Waals surface area (Å²) >= 11 is 0. The van der Waals surface area contributed by atoms with Gasteiger partial charge >= 0.3 is 0 Å². The average Bonchev–Trinajstić information content (AvgIpc) is 2.60. The van der Waals surface area contributed by atoms with E-state index in [-0.39, 0.29) is 5.82 Å². The van der Waals surface area contributed by atoms with Crippen molar-refractivity contribution in [2.24, 2.45) is 5.41 Å². The van der Waals surface area contributed by atoms with Crippen LogP contribution in [0.1, 0.15) is 90.0 Å². The van der Waals surface area contributed by atoms with E-state index in [1.54, 1.807) is 6.07 Å². The summed E-state index contributed by atoms with van der Waals surface area (Å²) in [5.74, 6) is 0.566. The molecular weight excluding hydrogens is 299 g/mol. The molecule has 0 N–H and O–H groups in total. The first-order valence-electron chi connectivity index (χ1n) is 10.1. The number of aryl methyl sites for hydroxylation is 1. The van der Waals surface area contributed by atoms with Crippen molar-refractivity contribution in [3.8, 4) is 5.75 Å². The maximum atomic E-state index is 14.4. The predicted molar refractivity (Wildman–Crippen MR) is 100 cm³/mol. The highest BCUT2D eigenvalue weighted by Crippen LogP contribution is 2.44. The Bertz CT molecular complexity index is 477. The molecule has 136 valence electrons. The number of hydrogen-bond donors (Lipinski definition) is 0. The van der Waals surface area contributed by atoms with Crippen molar-refractivity contribution in [2.75, 3.05) is 6.61 Å². The zero-order chi connectivity index (χ0) is 17.3. The predicted octanol–water partition coefficient (Wildman–Crippen LogP) is 7.08. The summed E-state index contributed by atoms with van der Waals surface area (Å²) < 4.78 is 19.9. The average molecular weight is 335 g/mol. The standard InChI is InChI=1S/C22H35FO/c1-3-5-7-13-22(14-8-6-9-15-22)16-12-19-10-11-20(18-21(19)23)24-17-4-2/h10-11,18H,3-9,12-17H2,1-2H3. The second-order valence-corrected chi connectivity index (χ2v) is 7.62. The maximum Gasteiger partial charge on any atom is 0.130 e. The van der Waals surface area contributed by atoms with E-state index in [1.807, 2.05) is 12.1 Å². The summed E-state index contributed by atoms with van der Waals surface area (Å²) in [5.41, 5.74) is 1.33. The number of unbranched alkanes of at least 4 members (excludes halogenated alkanes) is 2. The first-order valence-corrected chi connectivity index (χ1v) is 10.1. The number of benzene rings is 1. The fraction of sp³-hybridized carbons (Fsp3) is 0.727. The SMILES string of the molecule is CCCCCC1(CCc2ccc(OCCC)cc2F)CCCCC1. The van der Waals surface area contributed by atoms with E-state index >= 15 is 0 Å². The highest BCUT2D eigenvalue weighted by molar-refractivity contribution is 5.29. The van der Waals surface area contributed by atoms with Crippen LogP contribution in [0.4, 0.5) is 4.39 Å². The molecule has 1 saturated carbocycles. The number of ether oxygens (including phenoxy) is 1. The lowest BCUT2D eigenvalue weighted by atomic mass is 9.68. The second-order valence-electron chi connectivity index (χ2n) is 7.62. The van der Waals surface area contributed by atoms with Crippen molar-refractivity contribution >= 4 is 0 Å². The van der Waals surface area contributed by atoms with Crippen molar-refractivity contribution in [3.63, 3.8) is 0 Å². The molecule has 1 aromatic carbocycles. The lowest BCUT2D eigenvalue weighted by Gasteiger charge is -2.38. The zero-order valence-electron chi connectivity index (χ0n) is 15.7. The summed E-state index contributed by atoms with van der Waals surface area (Å²) in [5, 5.41) is 0. The van der Waals surface area contributed by atoms with Gasteiger partial charge in [0.05, 0.1) is 6.61 Å². The van der Waals surface area contributed by atoms with Gasteiger partial charge in [0.2, 0.25) is 0 Å². The lowest BCUT2D eigenvalue weighted by molar-refractivity contribution is 0.152. The van der Waals surface area contributed by atoms with E-state index in [4.69, 9.17) is 4.74 Å². The molecule has 1 aliphatic carbocycles. The van der Waals surface area contributed by atoms with Crippen LogP contribution in [0.5, 0.6) is 5.75 Å². The van der Waals surface area contributed by atoms with Crippen molar-refractivity contribution in [2.45, 2.75) is 90.9 Å². The zero-order valence-corrected chi connectivity index (χ0v) is 15.7. The fourth-order valence-electron chi connectivity index (χ4n) is 4.12. The Morgan fingerprint density at radius 3 is 2.46 bits per heavy atom. The molecule has 24 heavy (non-hydrogen) atoms. The largest absolute Gasteiger partial charge is 0.494 e. The van der Waals surface area contributed by atoms with Crippen LogP contribution in [0, 0.1) is 11.2 Å². The molecule has 1 fully saturated rings. The molecule has 1 aromatic rings. The highest BCUT2D eigenvalue weighted by Gasteiger charge is 2.31. The first kappa shape index (κ1) is 19.3. The third kappa shape index (κ3) is 5.79. The van der Waals surface area contributed by atoms with E-state index in [9.17, 15) is 4.39 Å². The first-order chi connectivity index (χ1) is 11.7. The van der Waals surface area contributed by atoms with Gasteiger partial charge in [-0.05, 0) is 55.6 Å². The molecule has 2 heteroatoms. The molecule has 0 radical (unpaired) electrons. The second kappa shape index (κ2) is 10.1. The minimum absolute atomic E-state index is 0.0943. The van der Waals surface area contributed by atoms with E-state index < -0.39 is 0 Å². The molecule has 1 aliphatic rings. The topological polar surface area (TPSA) is 9.23 Å². The number of hydrogen-bond acceptors (Lipinski definition) is 1. The Morgan fingerprint density at radius 1 is 1.00 bits per heavy atom. The molecular formula is C22H35FO. The molecule has 2 rings (SSSR count). The van der Waals surface area contributed by atoms with E-state index in [1.165, 1.54) is 57.8 Å². The summed E-state index contributed by atoms with van der Waals surface area (Å²) in [4.78, 5) is 0. The van der Waals surface area contributed by atoms with Crippen LogP contribution in [0.15, 0.2) is 18.2 Å². The molecule has 0 atom stereocenters. The molecule has 0 aliphatic heterocycles. The summed E-state index contributed by atoms with van der Waals surface area (Å²) in [6.45, 7) is 4.98. The summed E-state index contributed by atoms with van der Waals surface area (Å²) in [6.07, 6.45) is 15.0. The minimum Gasteiger partial charge on any atom is -0.494 e. The Kier molecular flexibility index (Phi) is 8.08. The summed E-state index contributed by atoms with van der Waals surface area (Å²) in [6, 6.07) is 5.43. The van der Waals surface area contributed by atoms with Crippen molar-refractivity contribution in [1.82, 2.24) is 0 Å².